The van der Waals surface area contributed by atoms with Crippen LogP contribution in [-0.2, 0) is 0 Å². The van der Waals surface area contributed by atoms with Crippen molar-refractivity contribution < 1.29 is 47.7 Å². The third-order valence-electron chi connectivity index (χ3n) is 8.22. The maximum atomic E-state index is 14.5. The summed E-state index contributed by atoms with van der Waals surface area (Å²) in [5, 5.41) is 0. The van der Waals surface area contributed by atoms with Crippen molar-refractivity contribution in [3.8, 4) is 23.0 Å². The van der Waals surface area contributed by atoms with E-state index in [4.69, 9.17) is 18.9 Å². The van der Waals surface area contributed by atoms with Gasteiger partial charge in [-0.25, -0.2) is 0 Å². The first-order valence-electron chi connectivity index (χ1n) is 14.0. The van der Waals surface area contributed by atoms with Crippen LogP contribution in [0.4, 0.5) is 0 Å². The zero-order valence-corrected chi connectivity index (χ0v) is 26.4. The van der Waals surface area contributed by atoms with E-state index in [1.807, 2.05) is 0 Å². The summed E-state index contributed by atoms with van der Waals surface area (Å²) in [6.07, 6.45) is 0.795. The minimum absolute atomic E-state index is 0.0266. The van der Waals surface area contributed by atoms with Crippen LogP contribution < -0.4 is 18.9 Å². The van der Waals surface area contributed by atoms with E-state index in [1.165, 1.54) is 42.3 Å². The number of carbonyl (C=O) groups is 6. The lowest BCUT2D eigenvalue weighted by Gasteiger charge is -2.31. The molecule has 10 nitrogen and oxygen atoms in total. The molecule has 10 heteroatoms. The molecule has 230 valence electrons. The van der Waals surface area contributed by atoms with E-state index in [0.29, 0.717) is 23.7 Å². The minimum atomic E-state index is -0.807. The lowest BCUT2D eigenvalue weighted by Crippen LogP contribution is -2.32. The van der Waals surface area contributed by atoms with E-state index in [0.717, 1.165) is 0 Å². The van der Waals surface area contributed by atoms with Crippen LogP contribution in [0.15, 0.2) is 22.3 Å². The molecule has 0 fully saturated rings. The number of hydrogen-bond acceptors (Lipinski definition) is 10. The normalized spacial score (nSPS) is 14.7. The molecule has 0 amide bonds. The lowest BCUT2D eigenvalue weighted by molar-refractivity contribution is 0.0948. The molecule has 4 rings (SSSR count). The molecule has 2 aliphatic rings. The predicted octanol–water partition coefficient (Wildman–Crippen LogP) is 5.68. The molecule has 0 unspecified atom stereocenters. The largest absolute Gasteiger partial charge is 0.493 e. The van der Waals surface area contributed by atoms with Crippen molar-refractivity contribution in [2.75, 3.05) is 28.4 Å². The van der Waals surface area contributed by atoms with Gasteiger partial charge in [0.25, 0.3) is 0 Å². The van der Waals surface area contributed by atoms with Gasteiger partial charge in [-0.3, -0.25) is 28.8 Å². The molecule has 0 aliphatic heterocycles. The van der Waals surface area contributed by atoms with Crippen molar-refractivity contribution in [2.45, 2.75) is 53.4 Å². The van der Waals surface area contributed by atoms with E-state index in [9.17, 15) is 28.8 Å². The Morgan fingerprint density at radius 3 is 1.00 bits per heavy atom. The maximum absolute atomic E-state index is 14.5. The number of carbonyl (C=O) groups excluding carboxylic acids is 6. The number of ketones is 4. The van der Waals surface area contributed by atoms with Crippen LogP contribution in [0.5, 0.6) is 23.0 Å². The molecule has 0 aromatic heterocycles. The summed E-state index contributed by atoms with van der Waals surface area (Å²) in [6.45, 7) is 9.97. The van der Waals surface area contributed by atoms with Crippen LogP contribution in [0.2, 0.25) is 0 Å². The number of ether oxygens (including phenoxy) is 4. The molecule has 2 aliphatic carbocycles. The second kappa shape index (κ2) is 11.7. The van der Waals surface area contributed by atoms with Crippen LogP contribution in [-0.4, -0.2) is 64.1 Å². The molecular formula is C34H34O10. The Hall–Kier alpha value is -4.86. The van der Waals surface area contributed by atoms with Crippen molar-refractivity contribution in [3.05, 3.63) is 66.8 Å². The van der Waals surface area contributed by atoms with Gasteiger partial charge in [-0.15, -0.1) is 0 Å². The molecule has 0 radical (unpaired) electrons. The van der Waals surface area contributed by atoms with Crippen molar-refractivity contribution >= 4 is 35.7 Å². The van der Waals surface area contributed by atoms with Crippen LogP contribution in [0, 0.1) is 0 Å². The SMILES string of the molecule is COc1c(C=O)c2c(c(C(C)C)c1OC)C(=O)C(C)=C(C1=C(C)C(=O)c3c(c(C=O)c(OC)c(OC)c3C(C)C)C1=O)C2=O. The Kier molecular flexibility index (Phi) is 8.50. The molecule has 0 atom stereocenters. The Labute approximate surface area is 255 Å². The first kappa shape index (κ1) is 32.1. The summed E-state index contributed by atoms with van der Waals surface area (Å²) >= 11 is 0. The van der Waals surface area contributed by atoms with Gasteiger partial charge in [-0.1, -0.05) is 27.7 Å². The van der Waals surface area contributed by atoms with Crippen molar-refractivity contribution in [1.29, 1.82) is 0 Å². The lowest BCUT2D eigenvalue weighted by atomic mass is 9.70. The summed E-state index contributed by atoms with van der Waals surface area (Å²) in [4.78, 5) is 82.2. The smallest absolute Gasteiger partial charge is 0.195 e. The quantitative estimate of drug-likeness (QED) is 0.329. The van der Waals surface area contributed by atoms with Gasteiger partial charge in [-0.05, 0) is 25.7 Å². The third-order valence-corrected chi connectivity index (χ3v) is 8.22. The van der Waals surface area contributed by atoms with E-state index in [1.54, 1.807) is 27.7 Å². The number of aldehydes is 2. The Morgan fingerprint density at radius 2 is 0.773 bits per heavy atom. The number of benzene rings is 2. The van der Waals surface area contributed by atoms with Crippen LogP contribution >= 0.6 is 0 Å². The van der Waals surface area contributed by atoms with Gasteiger partial charge in [-0.2, -0.15) is 0 Å². The predicted molar refractivity (Wildman–Crippen MR) is 161 cm³/mol. The number of Topliss-reactive ketones (excluding diaryl/α,β-unsaturated/α-hetero) is 4. The fourth-order valence-electron chi connectivity index (χ4n) is 6.36. The fourth-order valence-corrected chi connectivity index (χ4v) is 6.36. The summed E-state index contributed by atoms with van der Waals surface area (Å²) in [5.74, 6) is -3.29. The first-order chi connectivity index (χ1) is 20.8. The summed E-state index contributed by atoms with van der Waals surface area (Å²) in [5.41, 5.74) is -1.09. The highest BCUT2D eigenvalue weighted by atomic mass is 16.5. The van der Waals surface area contributed by atoms with Gasteiger partial charge in [0.1, 0.15) is 0 Å². The van der Waals surface area contributed by atoms with E-state index in [2.05, 4.69) is 0 Å². The molecule has 0 spiro atoms. The molecule has 0 saturated heterocycles. The summed E-state index contributed by atoms with van der Waals surface area (Å²) in [6, 6.07) is 0. The Bertz CT molecular complexity index is 1640. The second-order valence-corrected chi connectivity index (χ2v) is 11.1. The van der Waals surface area contributed by atoms with E-state index in [-0.39, 0.29) is 90.5 Å². The van der Waals surface area contributed by atoms with Crippen molar-refractivity contribution in [3.63, 3.8) is 0 Å². The highest BCUT2D eigenvalue weighted by molar-refractivity contribution is 6.39. The van der Waals surface area contributed by atoms with Gasteiger partial charge >= 0.3 is 0 Å². The van der Waals surface area contributed by atoms with Crippen LogP contribution in [0.1, 0.15) is 127 Å². The zero-order valence-electron chi connectivity index (χ0n) is 26.4. The number of rotatable bonds is 9. The monoisotopic (exact) mass is 602 g/mol. The zero-order chi connectivity index (χ0) is 32.9. The average molecular weight is 603 g/mol. The third kappa shape index (κ3) is 4.23. The average Bonchev–Trinajstić information content (AvgIpc) is 3.00. The maximum Gasteiger partial charge on any atom is 0.195 e. The summed E-state index contributed by atoms with van der Waals surface area (Å²) < 4.78 is 22.1. The van der Waals surface area contributed by atoms with Gasteiger partial charge in [0.15, 0.2) is 58.7 Å². The van der Waals surface area contributed by atoms with Crippen molar-refractivity contribution in [1.82, 2.24) is 0 Å². The Morgan fingerprint density at radius 1 is 0.477 bits per heavy atom. The van der Waals surface area contributed by atoms with Gasteiger partial charge < -0.3 is 18.9 Å². The van der Waals surface area contributed by atoms with Gasteiger partial charge in [0.2, 0.25) is 0 Å². The molecule has 0 saturated carbocycles. The number of fused-ring (bicyclic) bond motifs is 2. The standard InChI is InChI=1S/C34H34O10/c1-13(2)19-25-23(17(11-35)31(41-7)33(19)43-9)29(39)21(15(5)27(25)37)22-16(6)28(38)26-20(14(3)4)34(44-10)32(42-8)18(12-36)24(26)30(22)40/h11-14H,1-10H3. The second-order valence-electron chi connectivity index (χ2n) is 11.1. The fraction of sp³-hybridized carbons (Fsp3) is 0.353. The minimum Gasteiger partial charge on any atom is -0.493 e. The molecular weight excluding hydrogens is 568 g/mol. The van der Waals surface area contributed by atoms with E-state index >= 15 is 0 Å². The Balaban J connectivity index is 2.16. The topological polar surface area (TPSA) is 139 Å². The highest BCUT2D eigenvalue weighted by Gasteiger charge is 2.45. The highest BCUT2D eigenvalue weighted by Crippen LogP contribution is 2.50. The van der Waals surface area contributed by atoms with Gasteiger partial charge in [0.05, 0.1) is 39.6 Å². The number of methoxy groups -OCH3 is 4. The molecule has 0 bridgehead atoms. The number of allylic oxidation sites excluding steroid dienone is 4. The van der Waals surface area contributed by atoms with Gasteiger partial charge in [0, 0.05) is 55.7 Å². The summed E-state index contributed by atoms with van der Waals surface area (Å²) in [7, 11) is 5.34. The molecule has 2 aromatic carbocycles. The molecule has 44 heavy (non-hydrogen) atoms. The van der Waals surface area contributed by atoms with E-state index < -0.39 is 23.1 Å². The number of hydrogen-bond donors (Lipinski definition) is 0. The first-order valence-corrected chi connectivity index (χ1v) is 14.0. The van der Waals surface area contributed by atoms with Crippen LogP contribution in [0.25, 0.3) is 0 Å². The van der Waals surface area contributed by atoms with Crippen LogP contribution in [0.3, 0.4) is 0 Å². The molecule has 2 aromatic rings. The van der Waals surface area contributed by atoms with Crippen molar-refractivity contribution in [2.24, 2.45) is 0 Å². The molecule has 0 heterocycles. The molecule has 0 N–H and O–H groups in total.